The molecule has 2 nitrogen and oxygen atoms in total. The Balaban J connectivity index is 2.38. The minimum Gasteiger partial charge on any atom is -0.492 e. The maximum Gasteiger partial charge on any atom is 0.138 e. The smallest absolute Gasteiger partial charge is 0.138 e. The summed E-state index contributed by atoms with van der Waals surface area (Å²) in [6.07, 6.45) is 2.35. The lowest BCUT2D eigenvalue weighted by Crippen LogP contribution is -2.20. The third-order valence-electron chi connectivity index (χ3n) is 3.39. The first-order chi connectivity index (χ1) is 7.63. The van der Waals surface area contributed by atoms with Crippen LogP contribution in [0.1, 0.15) is 30.9 Å². The molecule has 0 aliphatic heterocycles. The summed E-state index contributed by atoms with van der Waals surface area (Å²) in [5.41, 5.74) is 8.56. The van der Waals surface area contributed by atoms with Gasteiger partial charge < -0.3 is 10.5 Å². The van der Waals surface area contributed by atoms with Crippen molar-refractivity contribution in [2.24, 2.45) is 5.73 Å². The van der Waals surface area contributed by atoms with Crippen molar-refractivity contribution in [1.29, 1.82) is 0 Å². The van der Waals surface area contributed by atoms with E-state index in [1.807, 2.05) is 19.1 Å². The molecular formula is C13H18ClNO. The second-order valence-corrected chi connectivity index (χ2v) is 4.92. The lowest BCUT2D eigenvalue weighted by Gasteiger charge is -2.18. The Morgan fingerprint density at radius 1 is 1.44 bits per heavy atom. The lowest BCUT2D eigenvalue weighted by molar-refractivity contribution is 0.340. The summed E-state index contributed by atoms with van der Waals surface area (Å²) in [5, 5.41) is 0.696. The highest BCUT2D eigenvalue weighted by Gasteiger charge is 2.44. The summed E-state index contributed by atoms with van der Waals surface area (Å²) < 4.78 is 5.48. The van der Waals surface area contributed by atoms with Crippen LogP contribution < -0.4 is 10.5 Å². The molecule has 0 saturated heterocycles. The lowest BCUT2D eigenvalue weighted by atomic mass is 9.92. The van der Waals surface area contributed by atoms with Crippen LogP contribution in [0.25, 0.3) is 0 Å². The van der Waals surface area contributed by atoms with E-state index in [0.717, 1.165) is 5.75 Å². The summed E-state index contributed by atoms with van der Waals surface area (Å²) in [7, 11) is 0. The van der Waals surface area contributed by atoms with Crippen molar-refractivity contribution in [3.63, 3.8) is 0 Å². The molecule has 2 rings (SSSR count). The highest BCUT2D eigenvalue weighted by molar-refractivity contribution is 6.32. The molecular weight excluding hydrogens is 222 g/mol. The first-order valence-corrected chi connectivity index (χ1v) is 6.14. The van der Waals surface area contributed by atoms with Crippen LogP contribution in [0.3, 0.4) is 0 Å². The molecule has 0 atom stereocenters. The number of hydrogen-bond donors (Lipinski definition) is 1. The average Bonchev–Trinajstić information content (AvgIpc) is 3.04. The van der Waals surface area contributed by atoms with Crippen molar-refractivity contribution < 1.29 is 4.74 Å². The molecule has 1 aromatic rings. The normalized spacial score (nSPS) is 17.2. The van der Waals surface area contributed by atoms with Gasteiger partial charge in [-0.25, -0.2) is 0 Å². The summed E-state index contributed by atoms with van der Waals surface area (Å²) in [6, 6.07) is 4.05. The standard InChI is InChI=1S/C13H18ClNO/c1-3-16-12-6-9(2)10(7-11(12)14)13(8-15)4-5-13/h6-7H,3-5,8,15H2,1-2H3. The Hall–Kier alpha value is -0.730. The van der Waals surface area contributed by atoms with Gasteiger partial charge in [-0.15, -0.1) is 0 Å². The van der Waals surface area contributed by atoms with Crippen LogP contribution in [0.4, 0.5) is 0 Å². The molecule has 0 spiro atoms. The van der Waals surface area contributed by atoms with E-state index < -0.39 is 0 Å². The van der Waals surface area contributed by atoms with Gasteiger partial charge >= 0.3 is 0 Å². The van der Waals surface area contributed by atoms with Gasteiger partial charge in [0.25, 0.3) is 0 Å². The Kier molecular flexibility index (Phi) is 3.13. The van der Waals surface area contributed by atoms with Crippen molar-refractivity contribution in [2.75, 3.05) is 13.2 Å². The number of benzene rings is 1. The highest BCUT2D eigenvalue weighted by atomic mass is 35.5. The highest BCUT2D eigenvalue weighted by Crippen LogP contribution is 2.49. The minimum absolute atomic E-state index is 0.193. The predicted octanol–water partition coefficient (Wildman–Crippen LogP) is 3.04. The quantitative estimate of drug-likeness (QED) is 0.877. The molecule has 1 aliphatic rings. The molecule has 2 N–H and O–H groups in total. The summed E-state index contributed by atoms with van der Waals surface area (Å²) in [5.74, 6) is 0.776. The Morgan fingerprint density at radius 3 is 2.62 bits per heavy atom. The second kappa shape index (κ2) is 4.27. The number of halogens is 1. The molecule has 1 saturated carbocycles. The van der Waals surface area contributed by atoms with Crippen LogP contribution in [0.5, 0.6) is 5.75 Å². The fraction of sp³-hybridized carbons (Fsp3) is 0.538. The van der Waals surface area contributed by atoms with Crippen molar-refractivity contribution >= 4 is 11.6 Å². The van der Waals surface area contributed by atoms with Crippen LogP contribution in [-0.2, 0) is 5.41 Å². The molecule has 0 amide bonds. The molecule has 0 bridgehead atoms. The SMILES string of the molecule is CCOc1cc(C)c(C2(CN)CC2)cc1Cl. The van der Waals surface area contributed by atoms with Gasteiger partial charge in [-0.1, -0.05) is 11.6 Å². The Bertz CT molecular complexity index is 399. The topological polar surface area (TPSA) is 35.2 Å². The van der Waals surface area contributed by atoms with Gasteiger partial charge in [-0.3, -0.25) is 0 Å². The zero-order valence-corrected chi connectivity index (χ0v) is 10.6. The van der Waals surface area contributed by atoms with E-state index in [9.17, 15) is 0 Å². The van der Waals surface area contributed by atoms with E-state index in [2.05, 4.69) is 6.92 Å². The first kappa shape index (κ1) is 11.7. The Morgan fingerprint density at radius 2 is 2.12 bits per heavy atom. The van der Waals surface area contributed by atoms with Gasteiger partial charge in [0.1, 0.15) is 5.75 Å². The summed E-state index contributed by atoms with van der Waals surface area (Å²) in [4.78, 5) is 0. The average molecular weight is 240 g/mol. The molecule has 0 unspecified atom stereocenters. The third kappa shape index (κ3) is 1.92. The fourth-order valence-electron chi connectivity index (χ4n) is 2.23. The maximum absolute atomic E-state index is 6.21. The van der Waals surface area contributed by atoms with Gasteiger partial charge in [0.05, 0.1) is 11.6 Å². The predicted molar refractivity (Wildman–Crippen MR) is 67.3 cm³/mol. The van der Waals surface area contributed by atoms with E-state index in [1.165, 1.54) is 24.0 Å². The molecule has 1 aromatic carbocycles. The van der Waals surface area contributed by atoms with Gasteiger partial charge in [0, 0.05) is 12.0 Å². The van der Waals surface area contributed by atoms with Gasteiger partial charge in [-0.05, 0) is 49.9 Å². The molecule has 1 fully saturated rings. The van der Waals surface area contributed by atoms with E-state index in [-0.39, 0.29) is 5.41 Å². The minimum atomic E-state index is 0.193. The first-order valence-electron chi connectivity index (χ1n) is 5.76. The van der Waals surface area contributed by atoms with Crippen molar-refractivity contribution in [1.82, 2.24) is 0 Å². The third-order valence-corrected chi connectivity index (χ3v) is 3.69. The number of hydrogen-bond acceptors (Lipinski definition) is 2. The monoisotopic (exact) mass is 239 g/mol. The number of nitrogens with two attached hydrogens (primary N) is 1. The molecule has 88 valence electrons. The van der Waals surface area contributed by atoms with Crippen LogP contribution in [-0.4, -0.2) is 13.2 Å². The van der Waals surface area contributed by atoms with Crippen LogP contribution >= 0.6 is 11.6 Å². The van der Waals surface area contributed by atoms with E-state index >= 15 is 0 Å². The maximum atomic E-state index is 6.21. The Labute approximate surface area is 102 Å². The molecule has 3 heteroatoms. The van der Waals surface area contributed by atoms with E-state index in [4.69, 9.17) is 22.1 Å². The number of rotatable bonds is 4. The zero-order valence-electron chi connectivity index (χ0n) is 9.85. The van der Waals surface area contributed by atoms with Crippen molar-refractivity contribution in [2.45, 2.75) is 32.1 Å². The molecule has 0 heterocycles. The summed E-state index contributed by atoms with van der Waals surface area (Å²) >= 11 is 6.21. The van der Waals surface area contributed by atoms with Gasteiger partial charge in [-0.2, -0.15) is 0 Å². The van der Waals surface area contributed by atoms with Crippen LogP contribution in [0.15, 0.2) is 12.1 Å². The van der Waals surface area contributed by atoms with Gasteiger partial charge in [0.2, 0.25) is 0 Å². The molecule has 1 aliphatic carbocycles. The molecule has 16 heavy (non-hydrogen) atoms. The van der Waals surface area contributed by atoms with Crippen LogP contribution in [0.2, 0.25) is 5.02 Å². The molecule has 0 radical (unpaired) electrons. The van der Waals surface area contributed by atoms with Crippen LogP contribution in [0, 0.1) is 6.92 Å². The van der Waals surface area contributed by atoms with Gasteiger partial charge in [0.15, 0.2) is 0 Å². The number of ether oxygens (including phenoxy) is 1. The van der Waals surface area contributed by atoms with E-state index in [1.54, 1.807) is 0 Å². The fourth-order valence-corrected chi connectivity index (χ4v) is 2.45. The molecule has 0 aromatic heterocycles. The second-order valence-electron chi connectivity index (χ2n) is 4.52. The largest absolute Gasteiger partial charge is 0.492 e. The van der Waals surface area contributed by atoms with Crippen molar-refractivity contribution in [3.8, 4) is 5.75 Å². The summed E-state index contributed by atoms with van der Waals surface area (Å²) in [6.45, 7) is 5.41. The number of aryl methyl sites for hydroxylation is 1. The zero-order chi connectivity index (χ0) is 11.8. The van der Waals surface area contributed by atoms with E-state index in [0.29, 0.717) is 18.2 Å². The van der Waals surface area contributed by atoms with Crippen molar-refractivity contribution in [3.05, 3.63) is 28.3 Å².